The molecule has 6 heteroatoms. The summed E-state index contributed by atoms with van der Waals surface area (Å²) in [6.07, 6.45) is 7.84. The van der Waals surface area contributed by atoms with E-state index in [1.807, 2.05) is 17.8 Å². The summed E-state index contributed by atoms with van der Waals surface area (Å²) in [5, 5.41) is 13.8. The fourth-order valence-electron chi connectivity index (χ4n) is 3.59. The van der Waals surface area contributed by atoms with Crippen LogP contribution in [0.4, 0.5) is 0 Å². The van der Waals surface area contributed by atoms with Crippen molar-refractivity contribution >= 4 is 11.9 Å². The number of amides is 1. The Hall–Kier alpha value is -1.85. The predicted molar refractivity (Wildman–Crippen MR) is 80.6 cm³/mol. The molecule has 1 aromatic heterocycles. The van der Waals surface area contributed by atoms with E-state index >= 15 is 0 Å². The van der Waals surface area contributed by atoms with Gasteiger partial charge in [-0.15, -0.1) is 0 Å². The van der Waals surface area contributed by atoms with E-state index < -0.39 is 12.0 Å². The van der Waals surface area contributed by atoms with E-state index in [1.165, 1.54) is 17.7 Å². The summed E-state index contributed by atoms with van der Waals surface area (Å²) >= 11 is 0. The molecule has 3 rings (SSSR count). The third-order valence-electron chi connectivity index (χ3n) is 4.94. The minimum Gasteiger partial charge on any atom is -0.480 e. The van der Waals surface area contributed by atoms with Gasteiger partial charge >= 0.3 is 5.97 Å². The van der Waals surface area contributed by atoms with Crippen molar-refractivity contribution in [2.75, 3.05) is 6.54 Å². The number of piperidine rings is 1. The molecule has 2 heterocycles. The van der Waals surface area contributed by atoms with Crippen molar-refractivity contribution in [3.8, 4) is 0 Å². The topological polar surface area (TPSA) is 75.4 Å². The normalized spacial score (nSPS) is 26.3. The molecule has 1 aliphatic carbocycles. The molecule has 1 aliphatic heterocycles. The number of hydrogen-bond donors (Lipinski definition) is 1. The average molecular weight is 305 g/mol. The Balaban J connectivity index is 1.76. The molecule has 2 atom stereocenters. The Labute approximate surface area is 130 Å². The van der Waals surface area contributed by atoms with Gasteiger partial charge in [-0.3, -0.25) is 9.48 Å². The first-order valence-corrected chi connectivity index (χ1v) is 8.15. The monoisotopic (exact) mass is 305 g/mol. The lowest BCUT2D eigenvalue weighted by Gasteiger charge is -2.35. The lowest BCUT2D eigenvalue weighted by molar-refractivity contribution is -0.144. The summed E-state index contributed by atoms with van der Waals surface area (Å²) < 4.78 is 1.88. The Bertz CT molecular complexity index is 563. The largest absolute Gasteiger partial charge is 0.480 e. The van der Waals surface area contributed by atoms with Gasteiger partial charge < -0.3 is 10.0 Å². The van der Waals surface area contributed by atoms with Crippen molar-refractivity contribution in [1.82, 2.24) is 14.7 Å². The number of nitrogens with zero attached hydrogens (tertiary/aromatic N) is 3. The van der Waals surface area contributed by atoms with Gasteiger partial charge in [0.25, 0.3) is 5.91 Å². The molecule has 6 nitrogen and oxygen atoms in total. The van der Waals surface area contributed by atoms with Gasteiger partial charge in [-0.1, -0.05) is 19.8 Å². The second-order valence-electron chi connectivity index (χ2n) is 6.60. The summed E-state index contributed by atoms with van der Waals surface area (Å²) in [5.41, 5.74) is 0.368. The highest BCUT2D eigenvalue weighted by atomic mass is 16.4. The van der Waals surface area contributed by atoms with Gasteiger partial charge in [-0.25, -0.2) is 4.79 Å². The Morgan fingerprint density at radius 2 is 2.00 bits per heavy atom. The highest BCUT2D eigenvalue weighted by Crippen LogP contribution is 2.29. The average Bonchev–Trinajstić information content (AvgIpc) is 3.17. The summed E-state index contributed by atoms with van der Waals surface area (Å²) in [6.45, 7) is 2.53. The molecule has 0 bridgehead atoms. The molecular weight excluding hydrogens is 282 g/mol. The van der Waals surface area contributed by atoms with E-state index in [4.69, 9.17) is 0 Å². The van der Waals surface area contributed by atoms with Crippen LogP contribution in [0.2, 0.25) is 0 Å². The molecule has 0 radical (unpaired) electrons. The standard InChI is InChI=1S/C16H23N3O3/c1-11-6-8-18(14(10-11)16(21)22)15(20)13-7-9-19(17-13)12-4-2-3-5-12/h7,9,11-12,14H,2-6,8,10H2,1H3,(H,21,22). The Morgan fingerprint density at radius 3 is 2.68 bits per heavy atom. The lowest BCUT2D eigenvalue weighted by Crippen LogP contribution is -2.49. The second-order valence-corrected chi connectivity index (χ2v) is 6.60. The number of aromatic nitrogens is 2. The van der Waals surface area contributed by atoms with Crippen molar-refractivity contribution in [3.05, 3.63) is 18.0 Å². The van der Waals surface area contributed by atoms with Crippen molar-refractivity contribution in [2.45, 2.75) is 57.5 Å². The van der Waals surface area contributed by atoms with Gasteiger partial charge in [0.15, 0.2) is 0 Å². The number of carboxylic acid groups (broad SMARTS) is 1. The zero-order chi connectivity index (χ0) is 15.7. The number of carboxylic acids is 1. The maximum absolute atomic E-state index is 12.6. The van der Waals surface area contributed by atoms with Crippen LogP contribution in [0, 0.1) is 5.92 Å². The number of rotatable bonds is 3. The fraction of sp³-hybridized carbons (Fsp3) is 0.688. The van der Waals surface area contributed by atoms with E-state index in [-0.39, 0.29) is 5.91 Å². The third-order valence-corrected chi connectivity index (χ3v) is 4.94. The maximum Gasteiger partial charge on any atom is 0.326 e. The van der Waals surface area contributed by atoms with Crippen LogP contribution in [0.5, 0.6) is 0 Å². The number of carbonyl (C=O) groups is 2. The van der Waals surface area contributed by atoms with Gasteiger partial charge in [0.1, 0.15) is 11.7 Å². The highest BCUT2D eigenvalue weighted by molar-refractivity contribution is 5.95. The molecule has 0 aromatic carbocycles. The van der Waals surface area contributed by atoms with Gasteiger partial charge in [-0.05, 0) is 37.7 Å². The Kier molecular flexibility index (Phi) is 4.18. The number of likely N-dealkylation sites (tertiary alicyclic amines) is 1. The van der Waals surface area contributed by atoms with Crippen molar-refractivity contribution in [1.29, 1.82) is 0 Å². The van der Waals surface area contributed by atoms with E-state index in [0.717, 1.165) is 19.3 Å². The maximum atomic E-state index is 12.6. The van der Waals surface area contributed by atoms with Crippen molar-refractivity contribution in [3.63, 3.8) is 0 Å². The van der Waals surface area contributed by atoms with Gasteiger partial charge in [-0.2, -0.15) is 5.10 Å². The summed E-state index contributed by atoms with van der Waals surface area (Å²) in [7, 11) is 0. The zero-order valence-electron chi connectivity index (χ0n) is 12.9. The van der Waals surface area contributed by atoms with Crippen LogP contribution < -0.4 is 0 Å². The molecule has 120 valence electrons. The number of aliphatic carboxylic acids is 1. The molecule has 1 saturated heterocycles. The summed E-state index contributed by atoms with van der Waals surface area (Å²) in [6, 6.07) is 1.38. The quantitative estimate of drug-likeness (QED) is 0.930. The molecule has 0 spiro atoms. The van der Waals surface area contributed by atoms with Crippen LogP contribution in [-0.2, 0) is 4.79 Å². The fourth-order valence-corrected chi connectivity index (χ4v) is 3.59. The van der Waals surface area contributed by atoms with Crippen molar-refractivity contribution in [2.24, 2.45) is 5.92 Å². The van der Waals surface area contributed by atoms with E-state index in [2.05, 4.69) is 5.10 Å². The zero-order valence-corrected chi connectivity index (χ0v) is 12.9. The molecule has 2 aliphatic rings. The van der Waals surface area contributed by atoms with Gasteiger partial charge in [0.05, 0.1) is 6.04 Å². The molecule has 2 unspecified atom stereocenters. The minimum atomic E-state index is -0.921. The molecule has 1 aromatic rings. The third kappa shape index (κ3) is 2.87. The number of carbonyl (C=O) groups excluding carboxylic acids is 1. The second kappa shape index (κ2) is 6.10. The molecule has 22 heavy (non-hydrogen) atoms. The minimum absolute atomic E-state index is 0.254. The summed E-state index contributed by atoms with van der Waals surface area (Å²) in [4.78, 5) is 25.6. The van der Waals surface area contributed by atoms with E-state index in [9.17, 15) is 14.7 Å². The number of hydrogen-bond acceptors (Lipinski definition) is 3. The molecule has 1 amide bonds. The first-order chi connectivity index (χ1) is 10.6. The predicted octanol–water partition coefficient (Wildman–Crippen LogP) is 2.32. The first-order valence-electron chi connectivity index (χ1n) is 8.15. The van der Waals surface area contributed by atoms with Crippen LogP contribution in [0.25, 0.3) is 0 Å². The van der Waals surface area contributed by atoms with Crippen LogP contribution in [0.3, 0.4) is 0 Å². The lowest BCUT2D eigenvalue weighted by atomic mass is 9.92. The molecule has 2 fully saturated rings. The van der Waals surface area contributed by atoms with Crippen LogP contribution >= 0.6 is 0 Å². The Morgan fingerprint density at radius 1 is 1.27 bits per heavy atom. The highest BCUT2D eigenvalue weighted by Gasteiger charge is 2.36. The molecule has 1 N–H and O–H groups in total. The molecular formula is C16H23N3O3. The van der Waals surface area contributed by atoms with E-state index in [0.29, 0.717) is 30.6 Å². The van der Waals surface area contributed by atoms with Crippen LogP contribution in [0.1, 0.15) is 62.0 Å². The molecule has 1 saturated carbocycles. The van der Waals surface area contributed by atoms with E-state index in [1.54, 1.807) is 6.07 Å². The smallest absolute Gasteiger partial charge is 0.326 e. The first kappa shape index (κ1) is 15.1. The van der Waals surface area contributed by atoms with Gasteiger partial charge in [0, 0.05) is 12.7 Å². The van der Waals surface area contributed by atoms with Crippen molar-refractivity contribution < 1.29 is 14.7 Å². The van der Waals surface area contributed by atoms with Crippen LogP contribution in [-0.4, -0.2) is 44.3 Å². The SMILES string of the molecule is CC1CCN(C(=O)c2ccn(C3CCCC3)n2)C(C(=O)O)C1. The van der Waals surface area contributed by atoms with Gasteiger partial charge in [0.2, 0.25) is 0 Å². The summed E-state index contributed by atoms with van der Waals surface area (Å²) in [5.74, 6) is -0.840. The van der Waals surface area contributed by atoms with Crippen LogP contribution in [0.15, 0.2) is 12.3 Å².